The van der Waals surface area contributed by atoms with Crippen molar-refractivity contribution in [3.8, 4) is 28.0 Å². The number of amidine groups is 1. The highest BCUT2D eigenvalue weighted by atomic mass is 35.5. The van der Waals surface area contributed by atoms with Crippen molar-refractivity contribution in [3.05, 3.63) is 77.4 Å². The number of halogens is 4. The van der Waals surface area contributed by atoms with Gasteiger partial charge in [-0.1, -0.05) is 41.6 Å². The molecule has 0 fully saturated rings. The number of phenols is 1. The molecular formula is C21H16ClF3N2O2. The molecule has 0 saturated carbocycles. The van der Waals surface area contributed by atoms with E-state index in [1.54, 1.807) is 12.1 Å². The molecule has 3 N–H and O–H groups in total. The van der Waals surface area contributed by atoms with Crippen LogP contribution in [-0.2, 0) is 6.18 Å². The number of aryl methyl sites for hydroxylation is 1. The first-order chi connectivity index (χ1) is 13.8. The molecule has 29 heavy (non-hydrogen) atoms. The highest BCUT2D eigenvalue weighted by Gasteiger charge is 2.33. The van der Waals surface area contributed by atoms with Crippen molar-refractivity contribution < 1.29 is 23.5 Å². The number of oxime groups is 1. The van der Waals surface area contributed by atoms with E-state index in [9.17, 15) is 23.5 Å². The summed E-state index contributed by atoms with van der Waals surface area (Å²) in [5.74, 6) is -0.338. The number of hydrogen-bond acceptors (Lipinski definition) is 3. The number of nitrogens with zero attached hydrogens (tertiary/aromatic N) is 1. The first-order valence-corrected chi connectivity index (χ1v) is 8.83. The summed E-state index contributed by atoms with van der Waals surface area (Å²) in [4.78, 5) is 2.13. The fourth-order valence-electron chi connectivity index (χ4n) is 3.13. The van der Waals surface area contributed by atoms with Crippen LogP contribution in [0.25, 0.3) is 22.3 Å². The van der Waals surface area contributed by atoms with Crippen LogP contribution >= 0.6 is 11.8 Å². The Morgan fingerprint density at radius 2 is 1.66 bits per heavy atom. The molecule has 3 rings (SSSR count). The molecule has 0 aliphatic rings. The van der Waals surface area contributed by atoms with Crippen LogP contribution in [0.3, 0.4) is 0 Å². The van der Waals surface area contributed by atoms with E-state index >= 15 is 0 Å². The fraction of sp³-hybridized carbons (Fsp3) is 0.0952. The molecule has 0 aliphatic carbocycles. The van der Waals surface area contributed by atoms with E-state index in [2.05, 4.69) is 9.99 Å². The van der Waals surface area contributed by atoms with Crippen LogP contribution in [0.5, 0.6) is 5.75 Å². The molecule has 0 radical (unpaired) electrons. The zero-order valence-corrected chi connectivity index (χ0v) is 15.9. The van der Waals surface area contributed by atoms with Gasteiger partial charge in [-0.2, -0.15) is 13.2 Å². The SMILES string of the molecule is Cc1ccccc1-c1c(C(=NO)NCl)cc(C(F)(F)F)cc1-c1ccc(O)cc1. The smallest absolute Gasteiger partial charge is 0.416 e. The number of alkyl halides is 3. The molecular weight excluding hydrogens is 405 g/mol. The maximum absolute atomic E-state index is 13.6. The van der Waals surface area contributed by atoms with Crippen LogP contribution in [-0.4, -0.2) is 16.1 Å². The van der Waals surface area contributed by atoms with Crippen LogP contribution in [0.4, 0.5) is 13.2 Å². The van der Waals surface area contributed by atoms with Gasteiger partial charge >= 0.3 is 6.18 Å². The Morgan fingerprint density at radius 3 is 2.21 bits per heavy atom. The van der Waals surface area contributed by atoms with Crippen LogP contribution in [0, 0.1) is 6.92 Å². The molecule has 0 unspecified atom stereocenters. The molecule has 150 valence electrons. The topological polar surface area (TPSA) is 64.9 Å². The van der Waals surface area contributed by atoms with E-state index in [-0.39, 0.29) is 22.7 Å². The van der Waals surface area contributed by atoms with Crippen molar-refractivity contribution in [2.24, 2.45) is 5.16 Å². The Bertz CT molecular complexity index is 1060. The molecule has 4 nitrogen and oxygen atoms in total. The fourth-order valence-corrected chi connectivity index (χ4v) is 3.27. The second kappa shape index (κ2) is 8.05. The molecule has 0 bridgehead atoms. The minimum absolute atomic E-state index is 0.0153. The highest BCUT2D eigenvalue weighted by molar-refractivity contribution is 6.26. The van der Waals surface area contributed by atoms with Crippen molar-refractivity contribution in [1.29, 1.82) is 0 Å². The third-order valence-electron chi connectivity index (χ3n) is 4.50. The molecule has 3 aromatic carbocycles. The summed E-state index contributed by atoms with van der Waals surface area (Å²) in [7, 11) is 0. The van der Waals surface area contributed by atoms with Crippen molar-refractivity contribution in [2.45, 2.75) is 13.1 Å². The standard InChI is InChI=1S/C21H16ClF3N2O2/c1-12-4-2-3-5-16(12)19-17(13-6-8-15(28)9-7-13)10-14(21(23,24)25)11-18(19)20(26-22)27-29/h2-11,28-29H,1H3,(H,26,27). The molecule has 8 heteroatoms. The summed E-state index contributed by atoms with van der Waals surface area (Å²) in [6.07, 6.45) is -4.64. The number of nitrogens with one attached hydrogen (secondary N) is 1. The molecule has 3 aromatic rings. The van der Waals surface area contributed by atoms with Gasteiger partial charge in [-0.15, -0.1) is 0 Å². The summed E-state index contributed by atoms with van der Waals surface area (Å²) >= 11 is 5.63. The van der Waals surface area contributed by atoms with Crippen molar-refractivity contribution >= 4 is 17.6 Å². The Kier molecular flexibility index (Phi) is 5.70. The Hall–Kier alpha value is -3.19. The molecule has 0 heterocycles. The molecule has 0 aromatic heterocycles. The average Bonchev–Trinajstić information content (AvgIpc) is 2.69. The zero-order chi connectivity index (χ0) is 21.2. The zero-order valence-electron chi connectivity index (χ0n) is 15.1. The second-order valence-corrected chi connectivity index (χ2v) is 6.54. The highest BCUT2D eigenvalue weighted by Crippen LogP contribution is 2.42. The van der Waals surface area contributed by atoms with Gasteiger partial charge in [-0.25, -0.2) is 0 Å². The van der Waals surface area contributed by atoms with Crippen LogP contribution < -0.4 is 4.84 Å². The molecule has 0 saturated heterocycles. The van der Waals surface area contributed by atoms with Gasteiger partial charge in [0.25, 0.3) is 0 Å². The van der Waals surface area contributed by atoms with Gasteiger partial charge in [-0.05, 0) is 53.4 Å². The van der Waals surface area contributed by atoms with E-state index in [1.165, 1.54) is 24.3 Å². The summed E-state index contributed by atoms with van der Waals surface area (Å²) in [5, 5.41) is 21.9. The van der Waals surface area contributed by atoms with E-state index in [0.717, 1.165) is 17.7 Å². The number of hydrogen-bond donors (Lipinski definition) is 3. The summed E-state index contributed by atoms with van der Waals surface area (Å²) < 4.78 is 40.9. The Morgan fingerprint density at radius 1 is 1.00 bits per heavy atom. The van der Waals surface area contributed by atoms with E-state index in [4.69, 9.17) is 11.8 Å². The predicted octanol–water partition coefficient (Wildman–Crippen LogP) is 5.93. The van der Waals surface area contributed by atoms with Crippen LogP contribution in [0.15, 0.2) is 65.8 Å². The van der Waals surface area contributed by atoms with Gasteiger partial charge in [0.05, 0.1) is 5.56 Å². The third-order valence-corrected chi connectivity index (χ3v) is 4.68. The number of benzene rings is 3. The monoisotopic (exact) mass is 420 g/mol. The second-order valence-electron chi connectivity index (χ2n) is 6.35. The summed E-state index contributed by atoms with van der Waals surface area (Å²) in [6.45, 7) is 1.82. The minimum Gasteiger partial charge on any atom is -0.508 e. The third kappa shape index (κ3) is 4.14. The molecule has 0 amide bonds. The largest absolute Gasteiger partial charge is 0.508 e. The van der Waals surface area contributed by atoms with Crippen molar-refractivity contribution in [3.63, 3.8) is 0 Å². The molecule has 0 spiro atoms. The first kappa shape index (κ1) is 20.5. The predicted molar refractivity (Wildman–Crippen MR) is 106 cm³/mol. The van der Waals surface area contributed by atoms with Crippen molar-refractivity contribution in [1.82, 2.24) is 4.84 Å². The van der Waals surface area contributed by atoms with Crippen molar-refractivity contribution in [2.75, 3.05) is 0 Å². The Labute approximate surface area is 170 Å². The van der Waals surface area contributed by atoms with E-state index in [0.29, 0.717) is 16.7 Å². The minimum atomic E-state index is -4.64. The normalized spacial score (nSPS) is 12.1. The lowest BCUT2D eigenvalue weighted by Gasteiger charge is -2.20. The maximum atomic E-state index is 13.6. The summed E-state index contributed by atoms with van der Waals surface area (Å²) in [5.41, 5.74) is 1.60. The first-order valence-electron chi connectivity index (χ1n) is 8.46. The van der Waals surface area contributed by atoms with E-state index < -0.39 is 11.7 Å². The lowest BCUT2D eigenvalue weighted by atomic mass is 9.86. The van der Waals surface area contributed by atoms with Crippen LogP contribution in [0.2, 0.25) is 0 Å². The van der Waals surface area contributed by atoms with Crippen LogP contribution in [0.1, 0.15) is 16.7 Å². The lowest BCUT2D eigenvalue weighted by Crippen LogP contribution is -2.18. The molecule has 0 atom stereocenters. The maximum Gasteiger partial charge on any atom is 0.416 e. The molecule has 0 aliphatic heterocycles. The average molecular weight is 421 g/mol. The quantitative estimate of drug-likeness (QED) is 0.162. The van der Waals surface area contributed by atoms with E-state index in [1.807, 2.05) is 19.1 Å². The van der Waals surface area contributed by atoms with Gasteiger partial charge < -0.3 is 10.3 Å². The lowest BCUT2D eigenvalue weighted by molar-refractivity contribution is -0.137. The number of rotatable bonds is 3. The van der Waals surface area contributed by atoms with Gasteiger partial charge in [0.1, 0.15) is 5.75 Å². The van der Waals surface area contributed by atoms with Gasteiger partial charge in [0.15, 0.2) is 5.84 Å². The van der Waals surface area contributed by atoms with Gasteiger partial charge in [0.2, 0.25) is 0 Å². The van der Waals surface area contributed by atoms with Gasteiger partial charge in [0, 0.05) is 22.9 Å². The number of aromatic hydroxyl groups is 1. The summed E-state index contributed by atoms with van der Waals surface area (Å²) in [6, 6.07) is 14.9. The van der Waals surface area contributed by atoms with Gasteiger partial charge in [-0.3, -0.25) is 4.84 Å². The Balaban J connectivity index is 2.48. The number of phenolic OH excluding ortho intramolecular Hbond substituents is 1.